The van der Waals surface area contributed by atoms with Crippen molar-refractivity contribution in [3.05, 3.63) is 35.4 Å². The first kappa shape index (κ1) is 24.0. The second-order valence-corrected chi connectivity index (χ2v) is 14.8. The second-order valence-electron chi connectivity index (χ2n) is 9.76. The molecule has 0 aliphatic carbocycles. The Hall–Kier alpha value is -2.06. The molecule has 4 nitrogen and oxygen atoms in total. The van der Waals surface area contributed by atoms with Gasteiger partial charge in [-0.2, -0.15) is 0 Å². The van der Waals surface area contributed by atoms with Crippen LogP contribution in [0.2, 0.25) is 18.1 Å². The van der Waals surface area contributed by atoms with Gasteiger partial charge in [-0.25, -0.2) is 4.79 Å². The first-order valence-corrected chi connectivity index (χ1v) is 12.7. The number of nitrogens with one attached hydrogen (secondary N) is 1. The Morgan fingerprint density at radius 2 is 1.61 bits per heavy atom. The van der Waals surface area contributed by atoms with Crippen LogP contribution in [0.3, 0.4) is 0 Å². The smallest absolute Gasteiger partial charge is 0.329 e. The molecule has 1 aromatic rings. The van der Waals surface area contributed by atoms with Gasteiger partial charge in [-0.05, 0) is 28.1 Å². The van der Waals surface area contributed by atoms with Crippen LogP contribution in [0.1, 0.15) is 63.9 Å². The highest BCUT2D eigenvalue weighted by Crippen LogP contribution is 2.35. The van der Waals surface area contributed by atoms with Gasteiger partial charge in [0, 0.05) is 12.0 Å². The highest BCUT2D eigenvalue weighted by Gasteiger charge is 2.33. The van der Waals surface area contributed by atoms with Crippen molar-refractivity contribution in [3.8, 4) is 11.5 Å². The highest BCUT2D eigenvalue weighted by molar-refractivity contribution is 6.87. The van der Waals surface area contributed by atoms with Gasteiger partial charge in [0.25, 0.3) is 5.91 Å². The fraction of sp³-hybridized carbons (Fsp3) is 0.565. The van der Waals surface area contributed by atoms with Crippen molar-refractivity contribution in [2.45, 2.75) is 77.6 Å². The summed E-state index contributed by atoms with van der Waals surface area (Å²) in [4.78, 5) is 24.7. The second kappa shape index (κ2) is 8.96. The van der Waals surface area contributed by atoms with Crippen molar-refractivity contribution >= 4 is 20.0 Å². The van der Waals surface area contributed by atoms with Crippen molar-refractivity contribution in [1.29, 1.82) is 0 Å². The molecule has 154 valence electrons. The summed E-state index contributed by atoms with van der Waals surface area (Å²) in [7, 11) is -0.450. The number of benzene rings is 1. The molecular weight excluding hydrogens is 366 g/mol. The van der Waals surface area contributed by atoms with Gasteiger partial charge in [-0.1, -0.05) is 66.8 Å². The monoisotopic (exact) mass is 401 g/mol. The van der Waals surface area contributed by atoms with Crippen molar-refractivity contribution in [2.75, 3.05) is 7.11 Å². The topological polar surface area (TPSA) is 55.4 Å². The lowest BCUT2D eigenvalue weighted by Crippen LogP contribution is -2.41. The van der Waals surface area contributed by atoms with Gasteiger partial charge >= 0.3 is 5.97 Å². The molecule has 0 heterocycles. The van der Waals surface area contributed by atoms with Crippen LogP contribution in [0.4, 0.5) is 0 Å². The normalized spacial score (nSPS) is 13.2. The number of hydrogen-bond donors (Lipinski definition) is 1. The molecule has 1 rings (SSSR count). The molecular formula is C23H35NO3Si. The number of methoxy groups -OCH3 is 1. The maximum absolute atomic E-state index is 12.6. The van der Waals surface area contributed by atoms with E-state index < -0.39 is 20.1 Å². The zero-order chi connectivity index (χ0) is 21.8. The molecule has 0 unspecified atom stereocenters. The Labute approximate surface area is 171 Å². The number of carbonyl (C=O) groups is 2. The molecule has 5 heteroatoms. The SMILES string of the molecule is COC(=O)[C@@H](CC#C[Si](C)(C)C(C)(C)C)NC(=O)c1ccc(C(C)(C)C)cc1. The molecule has 1 aromatic carbocycles. The number of esters is 1. The van der Waals surface area contributed by atoms with E-state index in [9.17, 15) is 9.59 Å². The average molecular weight is 402 g/mol. The van der Waals surface area contributed by atoms with Gasteiger partial charge in [0.2, 0.25) is 0 Å². The van der Waals surface area contributed by atoms with E-state index in [4.69, 9.17) is 4.74 Å². The van der Waals surface area contributed by atoms with Crippen LogP contribution >= 0.6 is 0 Å². The largest absolute Gasteiger partial charge is 0.467 e. The highest BCUT2D eigenvalue weighted by atomic mass is 28.3. The Kier molecular flexibility index (Phi) is 7.67. The summed E-state index contributed by atoms with van der Waals surface area (Å²) in [5.41, 5.74) is 5.05. The zero-order valence-electron chi connectivity index (χ0n) is 18.8. The summed E-state index contributed by atoms with van der Waals surface area (Å²) in [5, 5.41) is 2.90. The third kappa shape index (κ3) is 6.52. The summed E-state index contributed by atoms with van der Waals surface area (Å²) >= 11 is 0. The lowest BCUT2D eigenvalue weighted by atomic mass is 9.86. The van der Waals surface area contributed by atoms with Crippen molar-refractivity contribution in [2.24, 2.45) is 0 Å². The van der Waals surface area contributed by atoms with Crippen molar-refractivity contribution in [3.63, 3.8) is 0 Å². The molecule has 28 heavy (non-hydrogen) atoms. The van der Waals surface area contributed by atoms with Gasteiger partial charge in [0.05, 0.1) is 7.11 Å². The molecule has 0 aliphatic rings. The predicted molar refractivity (Wildman–Crippen MR) is 118 cm³/mol. The third-order valence-corrected chi connectivity index (χ3v) is 9.94. The molecule has 1 N–H and O–H groups in total. The quantitative estimate of drug-likeness (QED) is 0.452. The van der Waals surface area contributed by atoms with E-state index in [1.807, 2.05) is 12.1 Å². The van der Waals surface area contributed by atoms with E-state index in [0.717, 1.165) is 5.56 Å². The minimum Gasteiger partial charge on any atom is -0.467 e. The summed E-state index contributed by atoms with van der Waals surface area (Å²) in [5.74, 6) is 2.35. The molecule has 1 amide bonds. The number of amides is 1. The lowest BCUT2D eigenvalue weighted by molar-refractivity contribution is -0.142. The minimum atomic E-state index is -1.77. The van der Waals surface area contributed by atoms with Crippen LogP contribution in [0.15, 0.2) is 24.3 Å². The Bertz CT molecular complexity index is 756. The standard InChI is InChI=1S/C23H35NO3Si/c1-22(2,3)18-14-12-17(13-15-18)20(25)24-19(21(26)27-7)11-10-16-28(8,9)23(4,5)6/h12-15,19H,11H2,1-9H3,(H,24,25)/t19-/m1/s1. The molecule has 0 radical (unpaired) electrons. The zero-order valence-corrected chi connectivity index (χ0v) is 19.8. The van der Waals surface area contributed by atoms with Crippen LogP contribution < -0.4 is 5.32 Å². The van der Waals surface area contributed by atoms with Gasteiger partial charge in [-0.3, -0.25) is 4.79 Å². The van der Waals surface area contributed by atoms with Crippen molar-refractivity contribution in [1.82, 2.24) is 5.32 Å². The molecule has 0 spiro atoms. The summed E-state index contributed by atoms with van der Waals surface area (Å²) < 4.78 is 4.85. The molecule has 0 aliphatic heterocycles. The Morgan fingerprint density at radius 1 is 1.07 bits per heavy atom. The Morgan fingerprint density at radius 3 is 2.04 bits per heavy atom. The predicted octanol–water partition coefficient (Wildman–Crippen LogP) is 4.70. The third-order valence-electron chi connectivity index (χ3n) is 5.39. The van der Waals surface area contributed by atoms with E-state index in [1.165, 1.54) is 7.11 Å². The van der Waals surface area contributed by atoms with Crippen LogP contribution in [-0.2, 0) is 14.9 Å². The maximum Gasteiger partial charge on any atom is 0.329 e. The maximum atomic E-state index is 12.6. The molecule has 0 aromatic heterocycles. The minimum absolute atomic E-state index is 0.0168. The fourth-order valence-electron chi connectivity index (χ4n) is 2.26. The average Bonchev–Trinajstić information content (AvgIpc) is 2.58. The van der Waals surface area contributed by atoms with Crippen molar-refractivity contribution < 1.29 is 14.3 Å². The van der Waals surface area contributed by atoms with Gasteiger partial charge in [0.1, 0.15) is 14.1 Å². The molecule has 0 bridgehead atoms. The fourth-order valence-corrected chi connectivity index (χ4v) is 3.18. The van der Waals surface area contributed by atoms with Crippen LogP contribution in [0.25, 0.3) is 0 Å². The summed E-state index contributed by atoms with van der Waals surface area (Å²) in [6.45, 7) is 17.4. The van der Waals surface area contributed by atoms with E-state index in [0.29, 0.717) is 5.56 Å². The van der Waals surface area contributed by atoms with E-state index in [1.54, 1.807) is 12.1 Å². The van der Waals surface area contributed by atoms with Gasteiger partial charge in [-0.15, -0.1) is 11.5 Å². The summed E-state index contributed by atoms with van der Waals surface area (Å²) in [6.07, 6.45) is 0.241. The first-order chi connectivity index (χ1) is 12.7. The van der Waals surface area contributed by atoms with Crippen LogP contribution in [0, 0.1) is 11.5 Å². The number of rotatable bonds is 4. The van der Waals surface area contributed by atoms with E-state index in [2.05, 4.69) is 71.4 Å². The van der Waals surface area contributed by atoms with E-state index in [-0.39, 0.29) is 22.8 Å². The van der Waals surface area contributed by atoms with E-state index >= 15 is 0 Å². The summed E-state index contributed by atoms with van der Waals surface area (Å²) in [6, 6.07) is 6.67. The lowest BCUT2D eigenvalue weighted by Gasteiger charge is -2.31. The first-order valence-electron chi connectivity index (χ1n) is 9.68. The molecule has 1 atom stereocenters. The van der Waals surface area contributed by atoms with Crippen LogP contribution in [0.5, 0.6) is 0 Å². The molecule has 0 fully saturated rings. The molecule has 0 saturated heterocycles. The number of carbonyl (C=O) groups excluding carboxylic acids is 2. The number of ether oxygens (including phenoxy) is 1. The Balaban J connectivity index is 2.93. The molecule has 0 saturated carbocycles. The van der Waals surface area contributed by atoms with Crippen LogP contribution in [-0.4, -0.2) is 33.1 Å². The van der Waals surface area contributed by atoms with Gasteiger partial charge in [0.15, 0.2) is 0 Å². The number of hydrogen-bond acceptors (Lipinski definition) is 3. The van der Waals surface area contributed by atoms with Gasteiger partial charge < -0.3 is 10.1 Å².